The standard InChI is InChI=1S/C12H23N3O/c1-10-3-2-6-15(9-10)12(16)14-8-11-4-5-13-7-11/h10-11,13H,2-9H2,1H3,(H,14,16). The molecular formula is C12H23N3O. The first kappa shape index (κ1) is 11.7. The second-order valence-electron chi connectivity index (χ2n) is 5.24. The number of urea groups is 1. The van der Waals surface area contributed by atoms with Gasteiger partial charge in [0.25, 0.3) is 0 Å². The van der Waals surface area contributed by atoms with Crippen LogP contribution in [0.3, 0.4) is 0 Å². The number of hydrogen-bond acceptors (Lipinski definition) is 2. The molecule has 2 fully saturated rings. The van der Waals surface area contributed by atoms with Crippen LogP contribution >= 0.6 is 0 Å². The fraction of sp³-hybridized carbons (Fsp3) is 0.917. The van der Waals surface area contributed by atoms with Gasteiger partial charge in [-0.2, -0.15) is 0 Å². The number of piperidine rings is 1. The van der Waals surface area contributed by atoms with E-state index in [1.165, 1.54) is 12.8 Å². The van der Waals surface area contributed by atoms with Crippen LogP contribution in [0.15, 0.2) is 0 Å². The van der Waals surface area contributed by atoms with Crippen molar-refractivity contribution >= 4 is 6.03 Å². The summed E-state index contributed by atoms with van der Waals surface area (Å²) in [7, 11) is 0. The van der Waals surface area contributed by atoms with Gasteiger partial charge < -0.3 is 15.5 Å². The minimum atomic E-state index is 0.137. The highest BCUT2D eigenvalue weighted by Gasteiger charge is 2.22. The average Bonchev–Trinajstić information content (AvgIpc) is 2.78. The van der Waals surface area contributed by atoms with E-state index in [1.54, 1.807) is 0 Å². The van der Waals surface area contributed by atoms with Gasteiger partial charge in [0.05, 0.1) is 0 Å². The molecule has 16 heavy (non-hydrogen) atoms. The summed E-state index contributed by atoms with van der Waals surface area (Å²) in [6, 6.07) is 0.137. The van der Waals surface area contributed by atoms with Gasteiger partial charge in [0.1, 0.15) is 0 Å². The van der Waals surface area contributed by atoms with Gasteiger partial charge in [-0.05, 0) is 44.2 Å². The summed E-state index contributed by atoms with van der Waals surface area (Å²) in [6.45, 7) is 7.06. The average molecular weight is 225 g/mol. The summed E-state index contributed by atoms with van der Waals surface area (Å²) in [6.07, 6.45) is 3.60. The molecule has 2 aliphatic heterocycles. The number of nitrogens with zero attached hydrogens (tertiary/aromatic N) is 1. The zero-order chi connectivity index (χ0) is 11.4. The van der Waals surface area contributed by atoms with E-state index in [1.807, 2.05) is 4.90 Å². The highest BCUT2D eigenvalue weighted by atomic mass is 16.2. The van der Waals surface area contributed by atoms with Crippen molar-refractivity contribution in [3.8, 4) is 0 Å². The van der Waals surface area contributed by atoms with Crippen LogP contribution in [0.4, 0.5) is 4.79 Å². The predicted molar refractivity (Wildman–Crippen MR) is 64.3 cm³/mol. The maximum Gasteiger partial charge on any atom is 0.317 e. The molecule has 0 saturated carbocycles. The van der Waals surface area contributed by atoms with E-state index in [0.29, 0.717) is 11.8 Å². The smallest absolute Gasteiger partial charge is 0.317 e. The molecular weight excluding hydrogens is 202 g/mol. The zero-order valence-corrected chi connectivity index (χ0v) is 10.2. The fourth-order valence-electron chi connectivity index (χ4n) is 2.61. The number of likely N-dealkylation sites (tertiary alicyclic amines) is 1. The van der Waals surface area contributed by atoms with Crippen LogP contribution in [0.1, 0.15) is 26.2 Å². The summed E-state index contributed by atoms with van der Waals surface area (Å²) in [5.74, 6) is 1.29. The van der Waals surface area contributed by atoms with Crippen molar-refractivity contribution in [2.75, 3.05) is 32.7 Å². The number of amides is 2. The van der Waals surface area contributed by atoms with Crippen molar-refractivity contribution in [3.05, 3.63) is 0 Å². The molecule has 2 atom stereocenters. The quantitative estimate of drug-likeness (QED) is 0.737. The summed E-state index contributed by atoms with van der Waals surface area (Å²) >= 11 is 0. The number of nitrogens with one attached hydrogen (secondary N) is 2. The first-order chi connectivity index (χ1) is 7.75. The first-order valence-electron chi connectivity index (χ1n) is 6.49. The summed E-state index contributed by atoms with van der Waals surface area (Å²) in [5.41, 5.74) is 0. The topological polar surface area (TPSA) is 44.4 Å². The lowest BCUT2D eigenvalue weighted by Gasteiger charge is -2.31. The third-order valence-corrected chi connectivity index (χ3v) is 3.65. The molecule has 0 aromatic rings. The Hall–Kier alpha value is -0.770. The Bertz CT molecular complexity index is 238. The maximum atomic E-state index is 11.9. The molecule has 2 unspecified atom stereocenters. The second-order valence-corrected chi connectivity index (χ2v) is 5.24. The number of rotatable bonds is 2. The Morgan fingerprint density at radius 2 is 2.38 bits per heavy atom. The van der Waals surface area contributed by atoms with Gasteiger partial charge in [-0.25, -0.2) is 4.79 Å². The van der Waals surface area contributed by atoms with E-state index in [4.69, 9.17) is 0 Å². The molecule has 0 spiro atoms. The van der Waals surface area contributed by atoms with E-state index < -0.39 is 0 Å². The SMILES string of the molecule is CC1CCCN(C(=O)NCC2CCNC2)C1. The molecule has 0 aromatic heterocycles. The molecule has 2 rings (SSSR count). The molecule has 0 radical (unpaired) electrons. The molecule has 0 bridgehead atoms. The molecule has 0 aliphatic carbocycles. The van der Waals surface area contributed by atoms with Crippen molar-refractivity contribution in [3.63, 3.8) is 0 Å². The Morgan fingerprint density at radius 1 is 1.50 bits per heavy atom. The second kappa shape index (κ2) is 5.53. The van der Waals surface area contributed by atoms with Gasteiger partial charge >= 0.3 is 6.03 Å². The summed E-state index contributed by atoms with van der Waals surface area (Å²) in [4.78, 5) is 13.9. The van der Waals surface area contributed by atoms with Crippen LogP contribution in [0, 0.1) is 11.8 Å². The Labute approximate surface area is 97.8 Å². The molecule has 92 valence electrons. The van der Waals surface area contributed by atoms with Crippen LogP contribution < -0.4 is 10.6 Å². The first-order valence-corrected chi connectivity index (χ1v) is 6.49. The van der Waals surface area contributed by atoms with E-state index >= 15 is 0 Å². The lowest BCUT2D eigenvalue weighted by Crippen LogP contribution is -2.46. The monoisotopic (exact) mass is 225 g/mol. The third kappa shape index (κ3) is 3.11. The highest BCUT2D eigenvalue weighted by Crippen LogP contribution is 2.15. The normalized spacial score (nSPS) is 30.4. The Balaban J connectivity index is 1.70. The van der Waals surface area contributed by atoms with Gasteiger partial charge in [-0.3, -0.25) is 0 Å². The van der Waals surface area contributed by atoms with Crippen LogP contribution in [0.25, 0.3) is 0 Å². The summed E-state index contributed by atoms with van der Waals surface area (Å²) < 4.78 is 0. The van der Waals surface area contributed by atoms with Crippen LogP contribution in [0.2, 0.25) is 0 Å². The van der Waals surface area contributed by atoms with E-state index in [2.05, 4.69) is 17.6 Å². The molecule has 4 nitrogen and oxygen atoms in total. The molecule has 2 amide bonds. The highest BCUT2D eigenvalue weighted by molar-refractivity contribution is 5.74. The largest absolute Gasteiger partial charge is 0.338 e. The molecule has 2 saturated heterocycles. The lowest BCUT2D eigenvalue weighted by atomic mass is 10.0. The maximum absolute atomic E-state index is 11.9. The van der Waals surface area contributed by atoms with Crippen molar-refractivity contribution < 1.29 is 4.79 Å². The minimum absolute atomic E-state index is 0.137. The van der Waals surface area contributed by atoms with Gasteiger partial charge in [-0.15, -0.1) is 0 Å². The predicted octanol–water partition coefficient (Wildman–Crippen LogP) is 1.04. The van der Waals surface area contributed by atoms with E-state index in [-0.39, 0.29) is 6.03 Å². The number of carbonyl (C=O) groups excluding carboxylic acids is 1. The molecule has 2 N–H and O–H groups in total. The van der Waals surface area contributed by atoms with Crippen molar-refractivity contribution in [1.82, 2.24) is 15.5 Å². The van der Waals surface area contributed by atoms with Gasteiger partial charge in [0.15, 0.2) is 0 Å². The Morgan fingerprint density at radius 3 is 3.06 bits per heavy atom. The van der Waals surface area contributed by atoms with Gasteiger partial charge in [-0.1, -0.05) is 6.92 Å². The van der Waals surface area contributed by atoms with Crippen molar-refractivity contribution in [1.29, 1.82) is 0 Å². The number of hydrogen-bond donors (Lipinski definition) is 2. The van der Waals surface area contributed by atoms with Crippen LogP contribution in [-0.2, 0) is 0 Å². The Kier molecular flexibility index (Phi) is 4.04. The third-order valence-electron chi connectivity index (χ3n) is 3.65. The molecule has 4 heteroatoms. The summed E-state index contributed by atoms with van der Waals surface area (Å²) in [5, 5.41) is 6.38. The van der Waals surface area contributed by atoms with E-state index in [0.717, 1.165) is 39.1 Å². The van der Waals surface area contributed by atoms with E-state index in [9.17, 15) is 4.79 Å². The minimum Gasteiger partial charge on any atom is -0.338 e. The van der Waals surface area contributed by atoms with Crippen LogP contribution in [-0.4, -0.2) is 43.7 Å². The van der Waals surface area contributed by atoms with Crippen molar-refractivity contribution in [2.45, 2.75) is 26.2 Å². The lowest BCUT2D eigenvalue weighted by molar-refractivity contribution is 0.168. The molecule has 0 aromatic carbocycles. The zero-order valence-electron chi connectivity index (χ0n) is 10.2. The van der Waals surface area contributed by atoms with Gasteiger partial charge in [0, 0.05) is 19.6 Å². The number of carbonyl (C=O) groups is 1. The van der Waals surface area contributed by atoms with Gasteiger partial charge in [0.2, 0.25) is 0 Å². The molecule has 2 heterocycles. The van der Waals surface area contributed by atoms with Crippen molar-refractivity contribution in [2.24, 2.45) is 11.8 Å². The van der Waals surface area contributed by atoms with Crippen LogP contribution in [0.5, 0.6) is 0 Å². The molecule has 2 aliphatic rings. The fourth-order valence-corrected chi connectivity index (χ4v) is 2.61.